The second-order valence-corrected chi connectivity index (χ2v) is 5.07. The van der Waals surface area contributed by atoms with Crippen LogP contribution in [0.1, 0.15) is 40.5 Å². The van der Waals surface area contributed by atoms with Crippen molar-refractivity contribution in [3.63, 3.8) is 0 Å². The number of nitrogens with one attached hydrogen (secondary N) is 1. The van der Waals surface area contributed by atoms with Crippen molar-refractivity contribution in [3.05, 3.63) is 0 Å². The number of alkyl halides is 1. The summed E-state index contributed by atoms with van der Waals surface area (Å²) in [6.45, 7) is 8.46. The van der Waals surface area contributed by atoms with Crippen LogP contribution in [0, 0.1) is 11.8 Å². The Hall–Kier alpha value is -0.0500. The molecule has 0 aromatic heterocycles. The first-order valence-electron chi connectivity index (χ1n) is 5.32. The van der Waals surface area contributed by atoms with Gasteiger partial charge in [0.2, 0.25) is 5.91 Å². The summed E-state index contributed by atoms with van der Waals surface area (Å²) in [6, 6.07) is 0.258. The third-order valence-corrected chi connectivity index (χ3v) is 3.46. The number of rotatable bonds is 6. The van der Waals surface area contributed by atoms with E-state index in [1.165, 1.54) is 0 Å². The molecule has 0 aromatic rings. The topological polar surface area (TPSA) is 29.1 Å². The van der Waals surface area contributed by atoms with Gasteiger partial charge in [-0.25, -0.2) is 0 Å². The largest absolute Gasteiger partial charge is 0.353 e. The number of hydrogen-bond acceptors (Lipinski definition) is 1. The van der Waals surface area contributed by atoms with Crippen molar-refractivity contribution >= 4 is 21.8 Å². The fourth-order valence-corrected chi connectivity index (χ4v) is 1.58. The monoisotopic (exact) mass is 263 g/mol. The van der Waals surface area contributed by atoms with Gasteiger partial charge in [0, 0.05) is 17.8 Å². The number of carbonyl (C=O) groups is 1. The van der Waals surface area contributed by atoms with Crippen LogP contribution >= 0.6 is 15.9 Å². The van der Waals surface area contributed by atoms with Crippen LogP contribution in [-0.2, 0) is 4.79 Å². The zero-order valence-corrected chi connectivity index (χ0v) is 11.2. The number of hydrogen-bond donors (Lipinski definition) is 1. The lowest BCUT2D eigenvalue weighted by Gasteiger charge is -2.19. The highest BCUT2D eigenvalue weighted by Gasteiger charge is 2.13. The Bertz CT molecular complexity index is 171. The first kappa shape index (κ1) is 13.9. The normalized spacial score (nSPS) is 15.3. The van der Waals surface area contributed by atoms with Crippen LogP contribution < -0.4 is 5.32 Å². The summed E-state index contributed by atoms with van der Waals surface area (Å²) in [6.07, 6.45) is 1.62. The first-order valence-corrected chi connectivity index (χ1v) is 6.44. The maximum absolute atomic E-state index is 11.5. The van der Waals surface area contributed by atoms with Crippen LogP contribution in [-0.4, -0.2) is 17.3 Å². The highest BCUT2D eigenvalue weighted by molar-refractivity contribution is 9.09. The zero-order chi connectivity index (χ0) is 11.1. The Kier molecular flexibility index (Phi) is 7.24. The Balaban J connectivity index is 3.71. The lowest BCUT2D eigenvalue weighted by Crippen LogP contribution is -2.37. The van der Waals surface area contributed by atoms with Crippen molar-refractivity contribution in [3.8, 4) is 0 Å². The molecule has 3 heteroatoms. The number of amides is 1. The van der Waals surface area contributed by atoms with Crippen LogP contribution in [0.4, 0.5) is 0 Å². The third-order valence-electron chi connectivity index (χ3n) is 2.43. The quantitative estimate of drug-likeness (QED) is 0.734. The van der Waals surface area contributed by atoms with Gasteiger partial charge in [-0.15, -0.1) is 0 Å². The molecule has 0 aliphatic carbocycles. The predicted octanol–water partition coefficient (Wildman–Crippen LogP) is 2.96. The lowest BCUT2D eigenvalue weighted by molar-refractivity contribution is -0.122. The Morgan fingerprint density at radius 1 is 1.29 bits per heavy atom. The molecule has 1 amide bonds. The Morgan fingerprint density at radius 2 is 1.86 bits per heavy atom. The molecule has 2 nitrogen and oxygen atoms in total. The minimum atomic E-state index is 0.180. The highest BCUT2D eigenvalue weighted by atomic mass is 79.9. The van der Waals surface area contributed by atoms with Gasteiger partial charge in [0.25, 0.3) is 0 Å². The van der Waals surface area contributed by atoms with Crippen LogP contribution in [0.3, 0.4) is 0 Å². The number of carbonyl (C=O) groups excluding carboxylic acids is 1. The van der Waals surface area contributed by atoms with E-state index in [1.54, 1.807) is 0 Å². The molecule has 0 aliphatic rings. The molecule has 14 heavy (non-hydrogen) atoms. The van der Waals surface area contributed by atoms with Gasteiger partial charge in [0.1, 0.15) is 0 Å². The molecule has 0 bridgehead atoms. The Morgan fingerprint density at radius 3 is 2.29 bits per heavy atom. The van der Waals surface area contributed by atoms with Crippen LogP contribution in [0.2, 0.25) is 0 Å². The standard InChI is InChI=1S/C11H22BrNO/c1-8(2)5-6-11(14)13-10(4)9(3)7-12/h8-10H,5-7H2,1-4H3,(H,13,14). The van der Waals surface area contributed by atoms with Gasteiger partial charge >= 0.3 is 0 Å². The minimum Gasteiger partial charge on any atom is -0.353 e. The zero-order valence-electron chi connectivity index (χ0n) is 9.64. The fraction of sp³-hybridized carbons (Fsp3) is 0.909. The molecule has 0 heterocycles. The fourth-order valence-electron chi connectivity index (χ4n) is 1.02. The summed E-state index contributed by atoms with van der Waals surface area (Å²) >= 11 is 3.42. The van der Waals surface area contributed by atoms with Crippen molar-refractivity contribution in [2.24, 2.45) is 11.8 Å². The predicted molar refractivity (Wildman–Crippen MR) is 64.6 cm³/mol. The van der Waals surface area contributed by atoms with E-state index in [0.29, 0.717) is 18.3 Å². The van der Waals surface area contributed by atoms with E-state index < -0.39 is 0 Å². The third kappa shape index (κ3) is 6.41. The second-order valence-electron chi connectivity index (χ2n) is 4.42. The summed E-state index contributed by atoms with van der Waals surface area (Å²) in [5.41, 5.74) is 0. The summed E-state index contributed by atoms with van der Waals surface area (Å²) in [5.74, 6) is 1.27. The van der Waals surface area contributed by atoms with E-state index in [9.17, 15) is 4.79 Å². The van der Waals surface area contributed by atoms with Crippen molar-refractivity contribution in [2.45, 2.75) is 46.6 Å². The van der Waals surface area contributed by atoms with Gasteiger partial charge in [-0.3, -0.25) is 4.79 Å². The molecule has 0 aromatic carbocycles. The maximum Gasteiger partial charge on any atom is 0.220 e. The average molecular weight is 264 g/mol. The van der Waals surface area contributed by atoms with Crippen molar-refractivity contribution in [1.29, 1.82) is 0 Å². The van der Waals surface area contributed by atoms with E-state index in [4.69, 9.17) is 0 Å². The molecule has 1 N–H and O–H groups in total. The van der Waals surface area contributed by atoms with Gasteiger partial charge in [-0.2, -0.15) is 0 Å². The molecular formula is C11H22BrNO. The first-order chi connectivity index (χ1) is 6.47. The van der Waals surface area contributed by atoms with Gasteiger partial charge in [-0.1, -0.05) is 36.7 Å². The van der Waals surface area contributed by atoms with Crippen molar-refractivity contribution in [1.82, 2.24) is 5.32 Å². The van der Waals surface area contributed by atoms with Gasteiger partial charge in [0.15, 0.2) is 0 Å². The Labute approximate surface area is 96.0 Å². The SMILES string of the molecule is CC(C)CCC(=O)NC(C)C(C)CBr. The van der Waals surface area contributed by atoms with Gasteiger partial charge < -0.3 is 5.32 Å². The van der Waals surface area contributed by atoms with E-state index in [2.05, 4.69) is 48.9 Å². The molecule has 0 radical (unpaired) electrons. The van der Waals surface area contributed by atoms with Gasteiger partial charge in [0.05, 0.1) is 0 Å². The average Bonchev–Trinajstić information content (AvgIpc) is 2.13. The minimum absolute atomic E-state index is 0.180. The second kappa shape index (κ2) is 7.27. The van der Waals surface area contributed by atoms with Crippen molar-refractivity contribution in [2.75, 3.05) is 5.33 Å². The highest BCUT2D eigenvalue weighted by Crippen LogP contribution is 2.07. The summed E-state index contributed by atoms with van der Waals surface area (Å²) < 4.78 is 0. The van der Waals surface area contributed by atoms with Crippen LogP contribution in [0.15, 0.2) is 0 Å². The number of halogens is 1. The maximum atomic E-state index is 11.5. The lowest BCUT2D eigenvalue weighted by atomic mass is 10.0. The summed E-state index contributed by atoms with van der Waals surface area (Å²) in [5, 5.41) is 3.95. The van der Waals surface area contributed by atoms with E-state index >= 15 is 0 Å². The molecule has 0 rings (SSSR count). The molecular weight excluding hydrogens is 242 g/mol. The van der Waals surface area contributed by atoms with E-state index in [1.807, 2.05) is 0 Å². The van der Waals surface area contributed by atoms with E-state index in [0.717, 1.165) is 11.8 Å². The molecule has 2 unspecified atom stereocenters. The van der Waals surface area contributed by atoms with Crippen LogP contribution in [0.5, 0.6) is 0 Å². The molecule has 0 saturated carbocycles. The van der Waals surface area contributed by atoms with E-state index in [-0.39, 0.29) is 11.9 Å². The summed E-state index contributed by atoms with van der Waals surface area (Å²) in [4.78, 5) is 11.5. The molecule has 0 aliphatic heterocycles. The molecule has 0 saturated heterocycles. The summed E-state index contributed by atoms with van der Waals surface area (Å²) in [7, 11) is 0. The van der Waals surface area contributed by atoms with Crippen LogP contribution in [0.25, 0.3) is 0 Å². The molecule has 0 spiro atoms. The molecule has 0 fully saturated rings. The molecule has 2 atom stereocenters. The van der Waals surface area contributed by atoms with Crippen molar-refractivity contribution < 1.29 is 4.79 Å². The van der Waals surface area contributed by atoms with Gasteiger partial charge in [-0.05, 0) is 25.2 Å². The smallest absolute Gasteiger partial charge is 0.220 e. The molecule has 84 valence electrons.